The van der Waals surface area contributed by atoms with Crippen LogP contribution in [0.15, 0.2) is 0 Å². The van der Waals surface area contributed by atoms with Crippen LogP contribution in [0, 0.1) is 0 Å². The average molecular weight is 346 g/mol. The van der Waals surface area contributed by atoms with Gasteiger partial charge in [-0.3, -0.25) is 9.59 Å². The van der Waals surface area contributed by atoms with E-state index < -0.39 is 30.3 Å². The fraction of sp³-hybridized carbons (Fsp3) is 0.750. The summed E-state index contributed by atoms with van der Waals surface area (Å²) >= 11 is 8.47. The van der Waals surface area contributed by atoms with Crippen LogP contribution in [0.3, 0.4) is 0 Å². The number of carboxylic acids is 2. The van der Waals surface area contributed by atoms with Gasteiger partial charge in [0.1, 0.15) is 6.04 Å². The molecule has 0 aliphatic rings. The Morgan fingerprint density at radius 3 is 2.19 bits per heavy atom. The van der Waals surface area contributed by atoms with Crippen LogP contribution in [-0.4, -0.2) is 74.7 Å². The van der Waals surface area contributed by atoms with Crippen LogP contribution < -0.4 is 5.32 Å². The van der Waals surface area contributed by atoms with Crippen molar-refractivity contribution in [1.29, 1.82) is 0 Å². The molecule has 117 valence electrons. The first kappa shape index (κ1) is 23.4. The Balaban J connectivity index is 0. The van der Waals surface area contributed by atoms with E-state index >= 15 is 0 Å². The van der Waals surface area contributed by atoms with E-state index in [0.29, 0.717) is 6.42 Å². The standard InChI is InChI=1S/C12H21NO5S2.Na/c14-10(4-2-1-3-8(20)5-6-19)13-9(12(17)18)7-11(15)16;/h8-9,19-20H,1-7H2,(H,13,14)(H,15,16)(H,17,18);/t8?,9-;/m0./s1. The van der Waals surface area contributed by atoms with Gasteiger partial charge in [-0.25, -0.2) is 4.79 Å². The molecular formula is C12H21NNaO5S2. The molecule has 0 saturated heterocycles. The molecule has 9 heteroatoms. The maximum Gasteiger partial charge on any atom is 0.326 e. The number of hydrogen-bond donors (Lipinski definition) is 5. The van der Waals surface area contributed by atoms with Gasteiger partial charge < -0.3 is 15.5 Å². The van der Waals surface area contributed by atoms with Crippen molar-refractivity contribution in [2.24, 2.45) is 0 Å². The molecule has 6 nitrogen and oxygen atoms in total. The van der Waals surface area contributed by atoms with Gasteiger partial charge in [0.15, 0.2) is 0 Å². The number of rotatable bonds is 11. The Hall–Kier alpha value is 0.110. The van der Waals surface area contributed by atoms with Gasteiger partial charge >= 0.3 is 11.9 Å². The summed E-state index contributed by atoms with van der Waals surface area (Å²) in [4.78, 5) is 32.7. The van der Waals surface area contributed by atoms with Crippen molar-refractivity contribution >= 4 is 72.7 Å². The molecule has 0 heterocycles. The second-order valence-corrected chi connectivity index (χ2v) is 5.65. The monoisotopic (exact) mass is 346 g/mol. The van der Waals surface area contributed by atoms with Gasteiger partial charge in [0.05, 0.1) is 6.42 Å². The molecule has 3 N–H and O–H groups in total. The van der Waals surface area contributed by atoms with Crippen molar-refractivity contribution in [2.75, 3.05) is 5.75 Å². The third kappa shape index (κ3) is 13.5. The summed E-state index contributed by atoms with van der Waals surface area (Å²) in [6.45, 7) is 0. The maximum absolute atomic E-state index is 11.5. The third-order valence-electron chi connectivity index (χ3n) is 2.67. The van der Waals surface area contributed by atoms with Gasteiger partial charge in [0.2, 0.25) is 5.91 Å². The first-order chi connectivity index (χ1) is 9.36. The van der Waals surface area contributed by atoms with Gasteiger partial charge in [-0.1, -0.05) is 6.42 Å². The molecule has 0 aliphatic carbocycles. The number of thiol groups is 2. The average Bonchev–Trinajstić information content (AvgIpc) is 2.33. The molecule has 0 aromatic heterocycles. The smallest absolute Gasteiger partial charge is 0.326 e. The molecule has 1 unspecified atom stereocenters. The molecule has 0 aliphatic heterocycles. The van der Waals surface area contributed by atoms with Crippen molar-refractivity contribution < 1.29 is 24.6 Å². The fourth-order valence-corrected chi connectivity index (χ4v) is 2.43. The van der Waals surface area contributed by atoms with Crippen molar-refractivity contribution in [3.8, 4) is 0 Å². The minimum absolute atomic E-state index is 0. The molecule has 0 spiro atoms. The Bertz CT molecular complexity index is 344. The molecule has 2 atom stereocenters. The number of carbonyl (C=O) groups excluding carboxylic acids is 1. The fourth-order valence-electron chi connectivity index (χ4n) is 1.60. The Labute approximate surface area is 157 Å². The van der Waals surface area contributed by atoms with Crippen molar-refractivity contribution in [2.45, 2.75) is 49.8 Å². The van der Waals surface area contributed by atoms with Crippen molar-refractivity contribution in [3.05, 3.63) is 0 Å². The quantitative estimate of drug-likeness (QED) is 0.217. The first-order valence-electron chi connectivity index (χ1n) is 6.39. The summed E-state index contributed by atoms with van der Waals surface area (Å²) in [7, 11) is 0. The molecule has 1 radical (unpaired) electrons. The van der Waals surface area contributed by atoms with E-state index in [9.17, 15) is 14.4 Å². The summed E-state index contributed by atoms with van der Waals surface area (Å²) in [6.07, 6.45) is 2.76. The summed E-state index contributed by atoms with van der Waals surface area (Å²) < 4.78 is 0. The largest absolute Gasteiger partial charge is 0.481 e. The first-order valence-corrected chi connectivity index (χ1v) is 7.54. The van der Waals surface area contributed by atoms with E-state index in [1.165, 1.54) is 0 Å². The number of aliphatic carboxylic acids is 2. The van der Waals surface area contributed by atoms with E-state index in [1.54, 1.807) is 0 Å². The minimum atomic E-state index is -1.37. The van der Waals surface area contributed by atoms with Gasteiger partial charge in [-0.15, -0.1) is 0 Å². The van der Waals surface area contributed by atoms with Crippen LogP contribution in [0.4, 0.5) is 0 Å². The number of nitrogens with one attached hydrogen (secondary N) is 1. The van der Waals surface area contributed by atoms with Crippen LogP contribution in [0.5, 0.6) is 0 Å². The summed E-state index contributed by atoms with van der Waals surface area (Å²) in [5.74, 6) is -2.28. The number of carboxylic acid groups (broad SMARTS) is 2. The molecule has 1 amide bonds. The van der Waals surface area contributed by atoms with Gasteiger partial charge in [-0.05, 0) is 25.0 Å². The Kier molecular flexibility index (Phi) is 15.3. The van der Waals surface area contributed by atoms with Crippen LogP contribution >= 0.6 is 25.3 Å². The van der Waals surface area contributed by atoms with E-state index in [1.807, 2.05) is 0 Å². The maximum atomic E-state index is 11.5. The predicted molar refractivity (Wildman–Crippen MR) is 87.3 cm³/mol. The van der Waals surface area contributed by atoms with E-state index in [4.69, 9.17) is 10.2 Å². The summed E-state index contributed by atoms with van der Waals surface area (Å²) in [5.41, 5.74) is 0. The summed E-state index contributed by atoms with van der Waals surface area (Å²) in [6, 6.07) is -1.37. The van der Waals surface area contributed by atoms with E-state index in [-0.39, 0.29) is 41.2 Å². The zero-order chi connectivity index (χ0) is 15.5. The number of amides is 1. The van der Waals surface area contributed by atoms with Gasteiger partial charge in [0, 0.05) is 41.2 Å². The molecule has 0 fully saturated rings. The Morgan fingerprint density at radius 1 is 1.10 bits per heavy atom. The Morgan fingerprint density at radius 2 is 1.71 bits per heavy atom. The predicted octanol–water partition coefficient (Wildman–Crippen LogP) is 0.828. The van der Waals surface area contributed by atoms with E-state index in [2.05, 4.69) is 30.6 Å². The SMILES string of the molecule is O=C(O)C[C@H](NC(=O)CCCCC(S)CCS)C(=O)O.[Na]. The molecule has 0 aromatic rings. The van der Waals surface area contributed by atoms with Crippen LogP contribution in [0.25, 0.3) is 0 Å². The van der Waals surface area contributed by atoms with Crippen LogP contribution in [0.1, 0.15) is 38.5 Å². The van der Waals surface area contributed by atoms with Gasteiger partial charge in [-0.2, -0.15) is 25.3 Å². The molecule has 21 heavy (non-hydrogen) atoms. The second kappa shape index (κ2) is 13.8. The molecule has 0 saturated carbocycles. The van der Waals surface area contributed by atoms with E-state index in [0.717, 1.165) is 25.0 Å². The molecular weight excluding hydrogens is 325 g/mol. The van der Waals surface area contributed by atoms with Crippen molar-refractivity contribution in [1.82, 2.24) is 5.32 Å². The third-order valence-corrected chi connectivity index (χ3v) is 3.44. The number of carbonyl (C=O) groups is 3. The van der Waals surface area contributed by atoms with Crippen LogP contribution in [-0.2, 0) is 14.4 Å². The molecule has 0 bridgehead atoms. The minimum Gasteiger partial charge on any atom is -0.481 e. The molecule has 0 aromatic carbocycles. The zero-order valence-corrected chi connectivity index (χ0v) is 15.9. The number of hydrogen-bond acceptors (Lipinski definition) is 5. The zero-order valence-electron chi connectivity index (χ0n) is 12.1. The second-order valence-electron chi connectivity index (χ2n) is 4.47. The van der Waals surface area contributed by atoms with Gasteiger partial charge in [0.25, 0.3) is 0 Å². The van der Waals surface area contributed by atoms with Crippen LogP contribution in [0.2, 0.25) is 0 Å². The summed E-state index contributed by atoms with van der Waals surface area (Å²) in [5, 5.41) is 19.8. The van der Waals surface area contributed by atoms with Crippen molar-refractivity contribution in [3.63, 3.8) is 0 Å². The topological polar surface area (TPSA) is 104 Å². The molecule has 0 rings (SSSR count). The normalized spacial score (nSPS) is 12.9. The number of unbranched alkanes of at least 4 members (excludes halogenated alkanes) is 1.